The zero-order valence-corrected chi connectivity index (χ0v) is 14.6. The maximum atomic E-state index is 11.7. The zero-order chi connectivity index (χ0) is 18.1. The van der Waals surface area contributed by atoms with Crippen molar-refractivity contribution in [2.24, 2.45) is 0 Å². The highest BCUT2D eigenvalue weighted by molar-refractivity contribution is 5.98. The van der Waals surface area contributed by atoms with Gasteiger partial charge in [-0.1, -0.05) is 6.07 Å². The third-order valence-corrected chi connectivity index (χ3v) is 4.79. The molecule has 2 heterocycles. The first kappa shape index (κ1) is 16.6. The van der Waals surface area contributed by atoms with Crippen molar-refractivity contribution >= 4 is 28.4 Å². The molecule has 1 aromatic carbocycles. The molecule has 6 heteroatoms. The number of anilines is 2. The number of hydrogen-bond acceptors (Lipinski definition) is 4. The second kappa shape index (κ2) is 6.80. The number of fused-ring (bicyclic) bond motifs is 1. The molecule has 0 aliphatic heterocycles. The summed E-state index contributed by atoms with van der Waals surface area (Å²) in [4.78, 5) is 16.1. The monoisotopic (exact) mass is 351 g/mol. The van der Waals surface area contributed by atoms with Gasteiger partial charge in [0, 0.05) is 37.1 Å². The predicted molar refractivity (Wildman–Crippen MR) is 100 cm³/mol. The molecule has 1 aliphatic carbocycles. The van der Waals surface area contributed by atoms with Crippen LogP contribution in [0.5, 0.6) is 0 Å². The Kier molecular flexibility index (Phi) is 4.34. The van der Waals surface area contributed by atoms with Crippen LogP contribution in [-0.2, 0) is 11.3 Å². The fraction of sp³-hybridized carbons (Fsp3) is 0.300. The summed E-state index contributed by atoms with van der Waals surface area (Å²) in [5, 5.41) is 13.8. The molecular formula is C20H21N3O3. The van der Waals surface area contributed by atoms with E-state index in [4.69, 9.17) is 4.74 Å². The standard InChI is InChI=1S/C20H21N3O3/c1-26-10-9-23-8-7-15-17(3-2-4-18(15)23)22-19-16(20(24)25)11-14(12-21-19)13-5-6-13/h2-4,7-8,11-13H,5-6,9-10H2,1H3,(H,21,22)(H,24,25). The van der Waals surface area contributed by atoms with E-state index in [2.05, 4.69) is 14.9 Å². The molecule has 1 saturated carbocycles. The van der Waals surface area contributed by atoms with E-state index in [1.807, 2.05) is 30.5 Å². The molecule has 0 unspecified atom stereocenters. The summed E-state index contributed by atoms with van der Waals surface area (Å²) in [5.41, 5.74) is 3.13. The highest BCUT2D eigenvalue weighted by atomic mass is 16.5. The van der Waals surface area contributed by atoms with Crippen molar-refractivity contribution in [1.82, 2.24) is 9.55 Å². The molecule has 0 amide bonds. The summed E-state index contributed by atoms with van der Waals surface area (Å²) in [6.07, 6.45) is 6.02. The number of pyridine rings is 1. The molecular weight excluding hydrogens is 330 g/mol. The molecule has 3 aromatic rings. The largest absolute Gasteiger partial charge is 0.478 e. The number of carboxylic acids is 1. The lowest BCUT2D eigenvalue weighted by Gasteiger charge is -2.12. The van der Waals surface area contributed by atoms with Gasteiger partial charge in [0.2, 0.25) is 0 Å². The number of hydrogen-bond donors (Lipinski definition) is 2. The number of aromatic nitrogens is 2. The van der Waals surface area contributed by atoms with Crippen LogP contribution in [0.3, 0.4) is 0 Å². The summed E-state index contributed by atoms with van der Waals surface area (Å²) >= 11 is 0. The lowest BCUT2D eigenvalue weighted by molar-refractivity contribution is 0.0697. The minimum atomic E-state index is -0.965. The highest BCUT2D eigenvalue weighted by Gasteiger charge is 2.26. The molecule has 26 heavy (non-hydrogen) atoms. The van der Waals surface area contributed by atoms with Gasteiger partial charge in [-0.15, -0.1) is 0 Å². The van der Waals surface area contributed by atoms with Crippen molar-refractivity contribution < 1.29 is 14.6 Å². The molecule has 2 N–H and O–H groups in total. The Labute approximate surface area is 151 Å². The topological polar surface area (TPSA) is 76.4 Å². The summed E-state index contributed by atoms with van der Waals surface area (Å²) < 4.78 is 7.27. The lowest BCUT2D eigenvalue weighted by Crippen LogP contribution is -2.06. The first-order chi connectivity index (χ1) is 12.7. The van der Waals surface area contributed by atoms with Crippen LogP contribution in [0.2, 0.25) is 0 Å². The van der Waals surface area contributed by atoms with Crippen molar-refractivity contribution in [3.63, 3.8) is 0 Å². The number of carbonyl (C=O) groups is 1. The Morgan fingerprint density at radius 1 is 1.38 bits per heavy atom. The minimum absolute atomic E-state index is 0.213. The van der Waals surface area contributed by atoms with E-state index < -0.39 is 5.97 Å². The summed E-state index contributed by atoms with van der Waals surface area (Å²) in [5.74, 6) is -0.126. The Morgan fingerprint density at radius 2 is 2.23 bits per heavy atom. The van der Waals surface area contributed by atoms with E-state index in [-0.39, 0.29) is 5.56 Å². The Bertz CT molecular complexity index is 960. The van der Waals surface area contributed by atoms with E-state index in [1.165, 1.54) is 0 Å². The van der Waals surface area contributed by atoms with Crippen molar-refractivity contribution in [2.45, 2.75) is 25.3 Å². The van der Waals surface area contributed by atoms with Crippen LogP contribution in [-0.4, -0.2) is 34.3 Å². The average Bonchev–Trinajstić information content (AvgIpc) is 3.41. The van der Waals surface area contributed by atoms with Crippen molar-refractivity contribution in [2.75, 3.05) is 19.0 Å². The highest BCUT2D eigenvalue weighted by Crippen LogP contribution is 2.40. The molecule has 4 rings (SSSR count). The van der Waals surface area contributed by atoms with Crippen LogP contribution in [0.15, 0.2) is 42.7 Å². The summed E-state index contributed by atoms with van der Waals surface area (Å²) in [6, 6.07) is 9.70. The van der Waals surface area contributed by atoms with E-state index in [0.717, 1.165) is 41.5 Å². The quantitative estimate of drug-likeness (QED) is 0.673. The fourth-order valence-electron chi connectivity index (χ4n) is 3.23. The number of nitrogens with zero attached hydrogens (tertiary/aromatic N) is 2. The van der Waals surface area contributed by atoms with Crippen LogP contribution in [0, 0.1) is 0 Å². The normalized spacial score (nSPS) is 13.9. The first-order valence-electron chi connectivity index (χ1n) is 8.74. The van der Waals surface area contributed by atoms with Crippen LogP contribution < -0.4 is 5.32 Å². The number of benzene rings is 1. The van der Waals surface area contributed by atoms with Crippen LogP contribution in [0.4, 0.5) is 11.5 Å². The first-order valence-corrected chi connectivity index (χ1v) is 8.74. The van der Waals surface area contributed by atoms with Gasteiger partial charge in [-0.3, -0.25) is 0 Å². The van der Waals surface area contributed by atoms with Crippen LogP contribution >= 0.6 is 0 Å². The van der Waals surface area contributed by atoms with Crippen LogP contribution in [0.25, 0.3) is 10.9 Å². The van der Waals surface area contributed by atoms with E-state index in [1.54, 1.807) is 19.4 Å². The van der Waals surface area contributed by atoms with Gasteiger partial charge in [0.05, 0.1) is 12.1 Å². The Balaban J connectivity index is 1.69. The molecule has 0 atom stereocenters. The molecule has 0 spiro atoms. The summed E-state index contributed by atoms with van der Waals surface area (Å²) in [7, 11) is 1.68. The number of carboxylic acid groups (broad SMARTS) is 1. The third-order valence-electron chi connectivity index (χ3n) is 4.79. The van der Waals surface area contributed by atoms with Gasteiger partial charge >= 0.3 is 5.97 Å². The number of methoxy groups -OCH3 is 1. The fourth-order valence-corrected chi connectivity index (χ4v) is 3.23. The van der Waals surface area contributed by atoms with Gasteiger partial charge in [0.25, 0.3) is 0 Å². The Morgan fingerprint density at radius 3 is 2.96 bits per heavy atom. The van der Waals surface area contributed by atoms with Crippen molar-refractivity contribution in [3.05, 3.63) is 53.9 Å². The van der Waals surface area contributed by atoms with E-state index >= 15 is 0 Å². The van der Waals surface area contributed by atoms with E-state index in [0.29, 0.717) is 18.3 Å². The number of aromatic carboxylic acids is 1. The second-order valence-electron chi connectivity index (χ2n) is 6.61. The minimum Gasteiger partial charge on any atom is -0.478 e. The van der Waals surface area contributed by atoms with Gasteiger partial charge in [0.1, 0.15) is 11.4 Å². The molecule has 134 valence electrons. The molecule has 0 bridgehead atoms. The summed E-state index contributed by atoms with van der Waals surface area (Å²) in [6.45, 7) is 1.40. The molecule has 0 radical (unpaired) electrons. The van der Waals surface area contributed by atoms with E-state index in [9.17, 15) is 9.90 Å². The average molecular weight is 351 g/mol. The van der Waals surface area contributed by atoms with Crippen molar-refractivity contribution in [3.8, 4) is 0 Å². The maximum absolute atomic E-state index is 11.7. The third kappa shape index (κ3) is 3.15. The molecule has 1 aliphatic rings. The van der Waals surface area contributed by atoms with Gasteiger partial charge in [-0.25, -0.2) is 9.78 Å². The van der Waals surface area contributed by atoms with Crippen LogP contribution in [0.1, 0.15) is 34.7 Å². The lowest BCUT2D eigenvalue weighted by atomic mass is 10.1. The van der Waals surface area contributed by atoms with Gasteiger partial charge in [-0.2, -0.15) is 0 Å². The second-order valence-corrected chi connectivity index (χ2v) is 6.61. The smallest absolute Gasteiger partial charge is 0.339 e. The van der Waals surface area contributed by atoms with Gasteiger partial charge < -0.3 is 19.7 Å². The number of nitrogens with one attached hydrogen (secondary N) is 1. The number of ether oxygens (including phenoxy) is 1. The number of rotatable bonds is 7. The zero-order valence-electron chi connectivity index (χ0n) is 14.6. The Hall–Kier alpha value is -2.86. The SMILES string of the molecule is COCCn1ccc2c(Nc3ncc(C4CC4)cc3C(=O)O)cccc21. The maximum Gasteiger partial charge on any atom is 0.339 e. The van der Waals surface area contributed by atoms with Crippen molar-refractivity contribution in [1.29, 1.82) is 0 Å². The van der Waals surface area contributed by atoms with Gasteiger partial charge in [0.15, 0.2) is 0 Å². The predicted octanol–water partition coefficient (Wildman–Crippen LogP) is 4.00. The molecule has 6 nitrogen and oxygen atoms in total. The van der Waals surface area contributed by atoms with Gasteiger partial charge in [-0.05, 0) is 48.6 Å². The molecule has 0 saturated heterocycles. The molecule has 1 fully saturated rings. The molecule has 2 aromatic heterocycles.